The maximum absolute atomic E-state index is 5.71. The third-order valence-corrected chi connectivity index (χ3v) is 2.50. The van der Waals surface area contributed by atoms with Crippen LogP contribution in [0.3, 0.4) is 0 Å². The van der Waals surface area contributed by atoms with E-state index >= 15 is 0 Å². The molecule has 0 aliphatic heterocycles. The third kappa shape index (κ3) is 2.02. The Hall–Kier alpha value is -1.35. The highest BCUT2D eigenvalue weighted by Crippen LogP contribution is 2.21. The molecule has 0 N–H and O–H groups in total. The van der Waals surface area contributed by atoms with Crippen molar-refractivity contribution < 1.29 is 0 Å². The zero-order chi connectivity index (χ0) is 10.7. The zero-order valence-electron chi connectivity index (χ0n) is 8.52. The van der Waals surface area contributed by atoms with Gasteiger partial charge in [0.1, 0.15) is 0 Å². The lowest BCUT2D eigenvalue weighted by atomic mass is 10.2. The molecule has 3 nitrogen and oxygen atoms in total. The van der Waals surface area contributed by atoms with E-state index in [4.69, 9.17) is 11.6 Å². The van der Waals surface area contributed by atoms with Crippen LogP contribution in [0.1, 0.15) is 0 Å². The van der Waals surface area contributed by atoms with Crippen LogP contribution in [0.25, 0.3) is 10.8 Å². The molecule has 2 rings (SSSR count). The van der Waals surface area contributed by atoms with Gasteiger partial charge < -0.3 is 4.90 Å². The lowest BCUT2D eigenvalue weighted by molar-refractivity contribution is 0.911. The van der Waals surface area contributed by atoms with Crippen molar-refractivity contribution in [3.8, 4) is 0 Å². The molecule has 0 atom stereocenters. The monoisotopic (exact) mass is 221 g/mol. The SMILES string of the molecule is CN(CCCl)c1nncc2ccccc12. The number of halogens is 1. The van der Waals surface area contributed by atoms with E-state index in [9.17, 15) is 0 Å². The van der Waals surface area contributed by atoms with Gasteiger partial charge in [-0.05, 0) is 0 Å². The molecular weight excluding hydrogens is 210 g/mol. The fourth-order valence-electron chi connectivity index (χ4n) is 1.53. The molecule has 0 fully saturated rings. The van der Waals surface area contributed by atoms with Crippen LogP contribution in [-0.4, -0.2) is 29.7 Å². The second kappa shape index (κ2) is 4.45. The van der Waals surface area contributed by atoms with Crippen molar-refractivity contribution >= 4 is 28.2 Å². The van der Waals surface area contributed by atoms with Gasteiger partial charge in [0.05, 0.1) is 6.20 Å². The largest absolute Gasteiger partial charge is 0.356 e. The van der Waals surface area contributed by atoms with Crippen LogP contribution < -0.4 is 4.90 Å². The summed E-state index contributed by atoms with van der Waals surface area (Å²) in [7, 11) is 1.97. The molecule has 4 heteroatoms. The van der Waals surface area contributed by atoms with Gasteiger partial charge in [0.25, 0.3) is 0 Å². The predicted molar refractivity (Wildman–Crippen MR) is 63.5 cm³/mol. The van der Waals surface area contributed by atoms with E-state index in [-0.39, 0.29) is 0 Å². The maximum Gasteiger partial charge on any atom is 0.158 e. The van der Waals surface area contributed by atoms with Gasteiger partial charge in [-0.2, -0.15) is 5.10 Å². The van der Waals surface area contributed by atoms with Gasteiger partial charge in [0.2, 0.25) is 0 Å². The summed E-state index contributed by atoms with van der Waals surface area (Å²) in [6.07, 6.45) is 1.77. The first-order valence-corrected chi connectivity index (χ1v) is 5.34. The van der Waals surface area contributed by atoms with Gasteiger partial charge in [-0.1, -0.05) is 24.3 Å². The highest BCUT2D eigenvalue weighted by Gasteiger charge is 2.06. The number of nitrogens with zero attached hydrogens (tertiary/aromatic N) is 3. The van der Waals surface area contributed by atoms with E-state index in [1.807, 2.05) is 36.2 Å². The molecule has 0 radical (unpaired) electrons. The number of benzene rings is 1. The summed E-state index contributed by atoms with van der Waals surface area (Å²) >= 11 is 5.71. The molecule has 1 aromatic carbocycles. The van der Waals surface area contributed by atoms with Crippen LogP contribution >= 0.6 is 11.6 Å². The van der Waals surface area contributed by atoms with E-state index in [0.29, 0.717) is 5.88 Å². The topological polar surface area (TPSA) is 29.0 Å². The quantitative estimate of drug-likeness (QED) is 0.745. The summed E-state index contributed by atoms with van der Waals surface area (Å²) in [4.78, 5) is 2.02. The molecule has 0 spiro atoms. The summed E-state index contributed by atoms with van der Waals surface area (Å²) in [6.45, 7) is 0.768. The molecule has 0 aliphatic carbocycles. The zero-order valence-corrected chi connectivity index (χ0v) is 9.28. The molecule has 15 heavy (non-hydrogen) atoms. The Kier molecular flexibility index (Phi) is 3.02. The van der Waals surface area contributed by atoms with Gasteiger partial charge in [-0.3, -0.25) is 0 Å². The highest BCUT2D eigenvalue weighted by molar-refractivity contribution is 6.18. The second-order valence-electron chi connectivity index (χ2n) is 3.37. The molecule has 0 bridgehead atoms. The number of hydrogen-bond donors (Lipinski definition) is 0. The van der Waals surface area contributed by atoms with Crippen LogP contribution in [0.15, 0.2) is 30.5 Å². The third-order valence-electron chi connectivity index (χ3n) is 2.33. The van der Waals surface area contributed by atoms with E-state index < -0.39 is 0 Å². The number of hydrogen-bond acceptors (Lipinski definition) is 3. The summed E-state index contributed by atoms with van der Waals surface area (Å²) < 4.78 is 0. The molecule has 0 saturated carbocycles. The van der Waals surface area contributed by atoms with E-state index in [0.717, 1.165) is 23.1 Å². The Morgan fingerprint density at radius 1 is 1.33 bits per heavy atom. The first-order valence-electron chi connectivity index (χ1n) is 4.80. The van der Waals surface area contributed by atoms with Crippen molar-refractivity contribution in [3.05, 3.63) is 30.5 Å². The fraction of sp³-hybridized carbons (Fsp3) is 0.273. The lowest BCUT2D eigenvalue weighted by Gasteiger charge is -2.17. The van der Waals surface area contributed by atoms with Crippen molar-refractivity contribution in [1.29, 1.82) is 0 Å². The van der Waals surface area contributed by atoms with Gasteiger partial charge in [0, 0.05) is 30.2 Å². The standard InChI is InChI=1S/C11H12ClN3/c1-15(7-6-12)11-10-5-3-2-4-9(10)8-13-14-11/h2-5,8H,6-7H2,1H3. The first kappa shape index (κ1) is 10.2. The molecule has 2 aromatic rings. The van der Waals surface area contributed by atoms with Gasteiger partial charge in [-0.15, -0.1) is 16.7 Å². The average Bonchev–Trinajstić information content (AvgIpc) is 2.28. The summed E-state index contributed by atoms with van der Waals surface area (Å²) in [5, 5.41) is 10.3. The molecule has 1 heterocycles. The number of anilines is 1. The van der Waals surface area contributed by atoms with Crippen LogP contribution in [0.2, 0.25) is 0 Å². The summed E-state index contributed by atoms with van der Waals surface area (Å²) in [5.74, 6) is 1.47. The molecule has 0 amide bonds. The Labute approximate surface area is 93.7 Å². The fourth-order valence-corrected chi connectivity index (χ4v) is 1.78. The van der Waals surface area contributed by atoms with Crippen molar-refractivity contribution in [3.63, 3.8) is 0 Å². The van der Waals surface area contributed by atoms with Gasteiger partial charge >= 0.3 is 0 Å². The molecule has 1 aromatic heterocycles. The Bertz CT molecular complexity index is 453. The van der Waals surface area contributed by atoms with Crippen LogP contribution in [-0.2, 0) is 0 Å². The number of rotatable bonds is 3. The predicted octanol–water partition coefficient (Wildman–Crippen LogP) is 2.30. The Morgan fingerprint density at radius 3 is 2.93 bits per heavy atom. The maximum atomic E-state index is 5.71. The molecular formula is C11H12ClN3. The normalized spacial score (nSPS) is 10.5. The molecule has 0 aliphatic rings. The number of fused-ring (bicyclic) bond motifs is 1. The molecule has 78 valence electrons. The Balaban J connectivity index is 2.50. The minimum atomic E-state index is 0.585. The van der Waals surface area contributed by atoms with Crippen molar-refractivity contribution in [2.75, 3.05) is 24.4 Å². The van der Waals surface area contributed by atoms with E-state index in [1.54, 1.807) is 6.20 Å². The van der Waals surface area contributed by atoms with Crippen LogP contribution in [0.5, 0.6) is 0 Å². The van der Waals surface area contributed by atoms with Crippen molar-refractivity contribution in [2.24, 2.45) is 0 Å². The highest BCUT2D eigenvalue weighted by atomic mass is 35.5. The average molecular weight is 222 g/mol. The second-order valence-corrected chi connectivity index (χ2v) is 3.74. The Morgan fingerprint density at radius 2 is 2.13 bits per heavy atom. The van der Waals surface area contributed by atoms with Crippen molar-refractivity contribution in [1.82, 2.24) is 10.2 Å². The minimum Gasteiger partial charge on any atom is -0.356 e. The van der Waals surface area contributed by atoms with E-state index in [1.165, 1.54) is 0 Å². The first-order chi connectivity index (χ1) is 7.33. The van der Waals surface area contributed by atoms with Crippen molar-refractivity contribution in [2.45, 2.75) is 0 Å². The minimum absolute atomic E-state index is 0.585. The smallest absolute Gasteiger partial charge is 0.158 e. The van der Waals surface area contributed by atoms with Crippen LogP contribution in [0, 0.1) is 0 Å². The van der Waals surface area contributed by atoms with E-state index in [2.05, 4.69) is 10.2 Å². The summed E-state index contributed by atoms with van der Waals surface area (Å²) in [5.41, 5.74) is 0. The van der Waals surface area contributed by atoms with Crippen LogP contribution in [0.4, 0.5) is 5.82 Å². The summed E-state index contributed by atoms with van der Waals surface area (Å²) in [6, 6.07) is 8.07. The van der Waals surface area contributed by atoms with Gasteiger partial charge in [0.15, 0.2) is 5.82 Å². The molecule has 0 saturated heterocycles. The number of alkyl halides is 1. The lowest BCUT2D eigenvalue weighted by Crippen LogP contribution is -2.21. The van der Waals surface area contributed by atoms with Gasteiger partial charge in [-0.25, -0.2) is 0 Å². The number of aromatic nitrogens is 2. The molecule has 0 unspecified atom stereocenters.